The van der Waals surface area contributed by atoms with Crippen LogP contribution in [0.5, 0.6) is 11.5 Å². The number of nitrogens with one attached hydrogen (secondary N) is 1. The summed E-state index contributed by atoms with van der Waals surface area (Å²) < 4.78 is 10.5. The van der Waals surface area contributed by atoms with Crippen LogP contribution in [0.3, 0.4) is 0 Å². The van der Waals surface area contributed by atoms with Crippen molar-refractivity contribution in [2.24, 2.45) is 0 Å². The Morgan fingerprint density at radius 1 is 1.00 bits per heavy atom. The number of carbonyl (C=O) groups excluding carboxylic acids is 1. The second kappa shape index (κ2) is 9.82. The van der Waals surface area contributed by atoms with E-state index in [9.17, 15) is 4.79 Å². The number of benzene rings is 2. The highest BCUT2D eigenvalue weighted by Crippen LogP contribution is 2.27. The summed E-state index contributed by atoms with van der Waals surface area (Å²) in [6, 6.07) is 15.6. The standard InChI is InChI=1S/C21H28N2O3/c1-5-23(6-2)18(16-10-8-7-9-11-16)15-22-21(24)17-12-13-19(25-3)20(14-17)26-4/h7-14,18H,5-6,15H2,1-4H3,(H,22,24). The van der Waals surface area contributed by atoms with Crippen molar-refractivity contribution in [3.05, 3.63) is 59.7 Å². The molecule has 0 aromatic heterocycles. The van der Waals surface area contributed by atoms with Crippen LogP contribution in [0.4, 0.5) is 0 Å². The molecule has 2 aromatic carbocycles. The van der Waals surface area contributed by atoms with Crippen LogP contribution in [0.15, 0.2) is 48.5 Å². The molecular formula is C21H28N2O3. The lowest BCUT2D eigenvalue weighted by atomic mass is 10.0. The molecule has 0 aliphatic carbocycles. The van der Waals surface area contributed by atoms with E-state index in [1.165, 1.54) is 5.56 Å². The highest BCUT2D eigenvalue weighted by Gasteiger charge is 2.19. The van der Waals surface area contributed by atoms with Gasteiger partial charge in [0.25, 0.3) is 5.91 Å². The molecule has 0 aliphatic rings. The summed E-state index contributed by atoms with van der Waals surface area (Å²) in [5.41, 5.74) is 1.75. The minimum atomic E-state index is -0.126. The average Bonchev–Trinajstić information content (AvgIpc) is 2.70. The third-order valence-electron chi connectivity index (χ3n) is 4.54. The number of hydrogen-bond acceptors (Lipinski definition) is 4. The van der Waals surface area contributed by atoms with E-state index in [0.29, 0.717) is 23.6 Å². The predicted octanol–water partition coefficient (Wildman–Crippen LogP) is 3.52. The summed E-state index contributed by atoms with van der Waals surface area (Å²) in [5.74, 6) is 1.02. The van der Waals surface area contributed by atoms with Crippen molar-refractivity contribution in [2.75, 3.05) is 33.9 Å². The van der Waals surface area contributed by atoms with Crippen LogP contribution in [0, 0.1) is 0 Å². The van der Waals surface area contributed by atoms with E-state index in [4.69, 9.17) is 9.47 Å². The molecule has 1 amide bonds. The fourth-order valence-corrected chi connectivity index (χ4v) is 3.07. The first kappa shape index (κ1) is 19.8. The zero-order valence-electron chi connectivity index (χ0n) is 16.0. The highest BCUT2D eigenvalue weighted by atomic mass is 16.5. The Hall–Kier alpha value is -2.53. The Balaban J connectivity index is 2.14. The summed E-state index contributed by atoms with van der Waals surface area (Å²) >= 11 is 0. The molecular weight excluding hydrogens is 328 g/mol. The lowest BCUT2D eigenvalue weighted by molar-refractivity contribution is 0.0934. The Morgan fingerprint density at radius 3 is 2.23 bits per heavy atom. The van der Waals surface area contributed by atoms with Crippen molar-refractivity contribution in [1.82, 2.24) is 10.2 Å². The molecule has 5 heteroatoms. The number of carbonyl (C=O) groups is 1. The van der Waals surface area contributed by atoms with Crippen LogP contribution >= 0.6 is 0 Å². The highest BCUT2D eigenvalue weighted by molar-refractivity contribution is 5.94. The number of ether oxygens (including phenoxy) is 2. The molecule has 2 rings (SSSR count). The van der Waals surface area contributed by atoms with Gasteiger partial charge in [-0.25, -0.2) is 0 Å². The minimum absolute atomic E-state index is 0.126. The minimum Gasteiger partial charge on any atom is -0.493 e. The second-order valence-corrected chi connectivity index (χ2v) is 5.93. The maximum atomic E-state index is 12.6. The van der Waals surface area contributed by atoms with Crippen molar-refractivity contribution in [1.29, 1.82) is 0 Å². The van der Waals surface area contributed by atoms with Gasteiger partial charge in [0.15, 0.2) is 11.5 Å². The van der Waals surface area contributed by atoms with Crippen LogP contribution < -0.4 is 14.8 Å². The molecule has 0 heterocycles. The first-order valence-corrected chi connectivity index (χ1v) is 8.93. The molecule has 5 nitrogen and oxygen atoms in total. The molecule has 2 aromatic rings. The third kappa shape index (κ3) is 4.76. The molecule has 26 heavy (non-hydrogen) atoms. The molecule has 0 fully saturated rings. The summed E-state index contributed by atoms with van der Waals surface area (Å²) in [6.07, 6.45) is 0. The van der Waals surface area contributed by atoms with Crippen LogP contribution in [-0.4, -0.2) is 44.7 Å². The second-order valence-electron chi connectivity index (χ2n) is 5.93. The monoisotopic (exact) mass is 356 g/mol. The normalized spacial score (nSPS) is 11.9. The predicted molar refractivity (Wildman–Crippen MR) is 104 cm³/mol. The molecule has 1 unspecified atom stereocenters. The molecule has 0 aliphatic heterocycles. The molecule has 0 saturated heterocycles. The SMILES string of the molecule is CCN(CC)C(CNC(=O)c1ccc(OC)c(OC)c1)c1ccccc1. The Morgan fingerprint density at radius 2 is 1.65 bits per heavy atom. The maximum absolute atomic E-state index is 12.6. The molecule has 0 spiro atoms. The van der Waals surface area contributed by atoms with E-state index in [1.807, 2.05) is 18.2 Å². The zero-order chi connectivity index (χ0) is 18.9. The maximum Gasteiger partial charge on any atom is 0.251 e. The van der Waals surface area contributed by atoms with Crippen molar-refractivity contribution in [3.63, 3.8) is 0 Å². The Labute approximate surface area is 155 Å². The fraction of sp³-hybridized carbons (Fsp3) is 0.381. The van der Waals surface area contributed by atoms with Gasteiger partial charge in [-0.2, -0.15) is 0 Å². The van der Waals surface area contributed by atoms with E-state index in [0.717, 1.165) is 13.1 Å². The molecule has 0 radical (unpaired) electrons. The number of rotatable bonds is 9. The molecule has 0 saturated carbocycles. The number of hydrogen-bond donors (Lipinski definition) is 1. The van der Waals surface area contributed by atoms with E-state index in [-0.39, 0.29) is 11.9 Å². The van der Waals surface area contributed by atoms with Gasteiger partial charge in [0.1, 0.15) is 0 Å². The first-order valence-electron chi connectivity index (χ1n) is 8.93. The number of amides is 1. The van der Waals surface area contributed by atoms with Crippen molar-refractivity contribution in [3.8, 4) is 11.5 Å². The largest absolute Gasteiger partial charge is 0.493 e. The summed E-state index contributed by atoms with van der Waals surface area (Å²) in [7, 11) is 3.14. The zero-order valence-corrected chi connectivity index (χ0v) is 16.0. The lowest BCUT2D eigenvalue weighted by Gasteiger charge is -2.30. The van der Waals surface area contributed by atoms with Gasteiger partial charge in [-0.05, 0) is 36.9 Å². The van der Waals surface area contributed by atoms with Gasteiger partial charge in [0, 0.05) is 12.1 Å². The fourth-order valence-electron chi connectivity index (χ4n) is 3.07. The summed E-state index contributed by atoms with van der Waals surface area (Å²) in [4.78, 5) is 15.0. The van der Waals surface area contributed by atoms with Gasteiger partial charge in [-0.3, -0.25) is 9.69 Å². The first-order chi connectivity index (χ1) is 12.6. The lowest BCUT2D eigenvalue weighted by Crippen LogP contribution is -2.38. The Bertz CT molecular complexity index is 700. The van der Waals surface area contributed by atoms with E-state index in [2.05, 4.69) is 36.2 Å². The molecule has 0 bridgehead atoms. The average molecular weight is 356 g/mol. The molecule has 140 valence electrons. The van der Waals surface area contributed by atoms with Gasteiger partial charge in [0.05, 0.1) is 20.3 Å². The van der Waals surface area contributed by atoms with Gasteiger partial charge < -0.3 is 14.8 Å². The van der Waals surface area contributed by atoms with Crippen molar-refractivity contribution < 1.29 is 14.3 Å². The number of likely N-dealkylation sites (N-methyl/N-ethyl adjacent to an activating group) is 1. The van der Waals surface area contributed by atoms with Gasteiger partial charge in [-0.15, -0.1) is 0 Å². The van der Waals surface area contributed by atoms with E-state index < -0.39 is 0 Å². The number of methoxy groups -OCH3 is 2. The molecule has 1 N–H and O–H groups in total. The quantitative estimate of drug-likeness (QED) is 0.747. The molecule has 1 atom stereocenters. The van der Waals surface area contributed by atoms with Crippen LogP contribution in [-0.2, 0) is 0 Å². The third-order valence-corrected chi connectivity index (χ3v) is 4.54. The van der Waals surface area contributed by atoms with Crippen LogP contribution in [0.2, 0.25) is 0 Å². The smallest absolute Gasteiger partial charge is 0.251 e. The van der Waals surface area contributed by atoms with Crippen LogP contribution in [0.25, 0.3) is 0 Å². The Kier molecular flexibility index (Phi) is 7.48. The topological polar surface area (TPSA) is 50.8 Å². The van der Waals surface area contributed by atoms with E-state index >= 15 is 0 Å². The van der Waals surface area contributed by atoms with Gasteiger partial charge >= 0.3 is 0 Å². The van der Waals surface area contributed by atoms with E-state index in [1.54, 1.807) is 32.4 Å². The summed E-state index contributed by atoms with van der Waals surface area (Å²) in [5, 5.41) is 3.06. The van der Waals surface area contributed by atoms with Crippen molar-refractivity contribution >= 4 is 5.91 Å². The van der Waals surface area contributed by atoms with Gasteiger partial charge in [0.2, 0.25) is 0 Å². The van der Waals surface area contributed by atoms with Crippen LogP contribution in [0.1, 0.15) is 35.8 Å². The number of nitrogens with zero attached hydrogens (tertiary/aromatic N) is 1. The van der Waals surface area contributed by atoms with Gasteiger partial charge in [-0.1, -0.05) is 44.2 Å². The summed E-state index contributed by atoms with van der Waals surface area (Å²) in [6.45, 7) is 6.65. The van der Waals surface area contributed by atoms with Crippen molar-refractivity contribution in [2.45, 2.75) is 19.9 Å².